The van der Waals surface area contributed by atoms with Crippen LogP contribution in [0.2, 0.25) is 0 Å². The van der Waals surface area contributed by atoms with Gasteiger partial charge in [-0.1, -0.05) is 17.8 Å². The number of thioether (sulfide) groups is 1. The number of aryl methyl sites for hydroxylation is 2. The van der Waals surface area contributed by atoms with Crippen LogP contribution in [0, 0.1) is 0 Å². The molecule has 21 heavy (non-hydrogen) atoms. The van der Waals surface area contributed by atoms with Crippen LogP contribution in [-0.4, -0.2) is 26.5 Å². The monoisotopic (exact) mass is 302 g/mol. The number of nitrogens with zero attached hydrogens (tertiary/aromatic N) is 3. The highest BCUT2D eigenvalue weighted by Crippen LogP contribution is 2.26. The van der Waals surface area contributed by atoms with Crippen LogP contribution in [0.4, 0.5) is 0 Å². The molecule has 0 bridgehead atoms. The maximum atomic E-state index is 11.4. The molecule has 0 radical (unpaired) electrons. The summed E-state index contributed by atoms with van der Waals surface area (Å²) >= 11 is 1.38. The molecule has 1 aromatic carbocycles. The molecule has 0 atom stereocenters. The number of fused-ring (bicyclic) bond motifs is 2. The van der Waals surface area contributed by atoms with Gasteiger partial charge in [0.15, 0.2) is 5.82 Å². The van der Waals surface area contributed by atoms with E-state index in [2.05, 4.69) is 27.8 Å². The van der Waals surface area contributed by atoms with Gasteiger partial charge in [0, 0.05) is 0 Å². The first-order chi connectivity index (χ1) is 10.3. The molecular formula is C14H14N4O2S. The van der Waals surface area contributed by atoms with Crippen LogP contribution in [0.3, 0.4) is 0 Å². The lowest BCUT2D eigenvalue weighted by atomic mass is 10.1. The highest BCUT2D eigenvalue weighted by atomic mass is 32.2. The van der Waals surface area contributed by atoms with Gasteiger partial charge in [0.2, 0.25) is 11.1 Å². The summed E-state index contributed by atoms with van der Waals surface area (Å²) < 4.78 is 7.39. The number of benzene rings is 1. The Hall–Kier alpha value is -2.02. The van der Waals surface area contributed by atoms with E-state index in [-0.39, 0.29) is 12.5 Å². The first-order valence-electron chi connectivity index (χ1n) is 6.91. The van der Waals surface area contributed by atoms with Crippen molar-refractivity contribution in [3.05, 3.63) is 35.2 Å². The summed E-state index contributed by atoms with van der Waals surface area (Å²) in [6.07, 6.45) is 3.51. The molecule has 0 unspecified atom stereocenters. The van der Waals surface area contributed by atoms with E-state index in [9.17, 15) is 4.79 Å². The summed E-state index contributed by atoms with van der Waals surface area (Å²) in [5.74, 6) is 1.77. The van der Waals surface area contributed by atoms with Gasteiger partial charge in [0.25, 0.3) is 0 Å². The molecule has 2 aromatic rings. The van der Waals surface area contributed by atoms with Crippen LogP contribution < -0.4 is 10.2 Å². The van der Waals surface area contributed by atoms with E-state index in [0.29, 0.717) is 16.7 Å². The van der Waals surface area contributed by atoms with E-state index in [4.69, 9.17) is 4.74 Å². The Labute approximate surface area is 125 Å². The van der Waals surface area contributed by atoms with Gasteiger partial charge < -0.3 is 4.74 Å². The molecule has 1 N–H and O–H groups in total. The second-order valence-electron chi connectivity index (χ2n) is 5.13. The first kappa shape index (κ1) is 12.7. The summed E-state index contributed by atoms with van der Waals surface area (Å²) in [5, 5.41) is 8.81. The van der Waals surface area contributed by atoms with Crippen molar-refractivity contribution in [1.29, 1.82) is 0 Å². The van der Waals surface area contributed by atoms with Gasteiger partial charge in [-0.3, -0.25) is 10.2 Å². The molecule has 0 fully saturated rings. The third kappa shape index (κ3) is 2.37. The highest BCUT2D eigenvalue weighted by molar-refractivity contribution is 7.99. The molecule has 0 saturated carbocycles. The van der Waals surface area contributed by atoms with Crippen molar-refractivity contribution in [1.82, 2.24) is 14.9 Å². The second kappa shape index (κ2) is 5.07. The van der Waals surface area contributed by atoms with E-state index >= 15 is 0 Å². The van der Waals surface area contributed by atoms with Gasteiger partial charge >= 0.3 is 0 Å². The summed E-state index contributed by atoms with van der Waals surface area (Å²) in [6, 6.07) is 6.22. The lowest BCUT2D eigenvalue weighted by Crippen LogP contribution is -2.31. The predicted molar refractivity (Wildman–Crippen MR) is 77.9 cm³/mol. The summed E-state index contributed by atoms with van der Waals surface area (Å²) in [7, 11) is 0. The maximum Gasteiger partial charge on any atom is 0.249 e. The van der Waals surface area contributed by atoms with E-state index in [1.54, 1.807) is 4.68 Å². The van der Waals surface area contributed by atoms with Crippen molar-refractivity contribution >= 4 is 17.7 Å². The molecule has 6 nitrogen and oxygen atoms in total. The van der Waals surface area contributed by atoms with Crippen molar-refractivity contribution < 1.29 is 9.53 Å². The Morgan fingerprint density at radius 1 is 1.29 bits per heavy atom. The Morgan fingerprint density at radius 3 is 3.14 bits per heavy atom. The number of hydrogen-bond acceptors (Lipinski definition) is 5. The molecule has 4 rings (SSSR count). The topological polar surface area (TPSA) is 69.0 Å². The molecule has 1 aliphatic carbocycles. The fourth-order valence-electron chi connectivity index (χ4n) is 2.67. The van der Waals surface area contributed by atoms with Gasteiger partial charge in [-0.05, 0) is 42.5 Å². The molecule has 2 aliphatic rings. The van der Waals surface area contributed by atoms with Gasteiger partial charge in [0.1, 0.15) is 12.4 Å². The third-order valence-electron chi connectivity index (χ3n) is 3.71. The first-order valence-corrected chi connectivity index (χ1v) is 7.90. The smallest absolute Gasteiger partial charge is 0.249 e. The number of ether oxygens (including phenoxy) is 1. The maximum absolute atomic E-state index is 11.4. The molecule has 0 saturated heterocycles. The van der Waals surface area contributed by atoms with Crippen LogP contribution in [0.5, 0.6) is 5.75 Å². The number of nitrogens with one attached hydrogen (secondary N) is 1. The molecule has 0 spiro atoms. The van der Waals surface area contributed by atoms with Crippen molar-refractivity contribution in [3.8, 4) is 5.75 Å². The molecule has 7 heteroatoms. The Balaban J connectivity index is 1.50. The standard InChI is InChI=1S/C14H14N4O2S/c19-13-8-21-14-16-15-12(18(14)17-13)7-20-11-5-4-9-2-1-3-10(9)6-11/h4-6H,1-3,7-8H2,(H,17,19). The molecule has 1 aromatic heterocycles. The number of rotatable bonds is 3. The molecular weight excluding hydrogens is 288 g/mol. The minimum absolute atomic E-state index is 0.0499. The number of hydrogen-bond donors (Lipinski definition) is 1. The lowest BCUT2D eigenvalue weighted by Gasteiger charge is -2.15. The summed E-state index contributed by atoms with van der Waals surface area (Å²) in [4.78, 5) is 11.4. The molecule has 1 aliphatic heterocycles. The van der Waals surface area contributed by atoms with Gasteiger partial charge in [-0.2, -0.15) is 0 Å². The van der Waals surface area contributed by atoms with Crippen molar-refractivity contribution in [2.24, 2.45) is 0 Å². The second-order valence-corrected chi connectivity index (χ2v) is 6.07. The SMILES string of the molecule is O=C1CSc2nnc(COc3ccc4c(c3)CCC4)n2N1. The van der Waals surface area contributed by atoms with Crippen LogP contribution in [-0.2, 0) is 24.2 Å². The van der Waals surface area contributed by atoms with Crippen LogP contribution in [0.25, 0.3) is 0 Å². The average Bonchev–Trinajstić information content (AvgIpc) is 3.10. The normalized spacial score (nSPS) is 16.3. The van der Waals surface area contributed by atoms with Crippen LogP contribution >= 0.6 is 11.8 Å². The quantitative estimate of drug-likeness (QED) is 0.931. The molecule has 1 amide bonds. The minimum atomic E-state index is -0.0499. The van der Waals surface area contributed by atoms with Crippen molar-refractivity contribution in [3.63, 3.8) is 0 Å². The minimum Gasteiger partial charge on any atom is -0.486 e. The Bertz CT molecular complexity index is 713. The number of amides is 1. The Kier molecular flexibility index (Phi) is 3.07. The summed E-state index contributed by atoms with van der Waals surface area (Å²) in [6.45, 7) is 0.284. The van der Waals surface area contributed by atoms with Crippen molar-refractivity contribution in [2.75, 3.05) is 11.2 Å². The average molecular weight is 302 g/mol. The number of aromatic nitrogens is 3. The molecule has 108 valence electrons. The van der Waals surface area contributed by atoms with E-state index in [1.807, 2.05) is 6.07 Å². The van der Waals surface area contributed by atoms with Crippen molar-refractivity contribution in [2.45, 2.75) is 31.0 Å². The van der Waals surface area contributed by atoms with Gasteiger partial charge in [0.05, 0.1) is 5.75 Å². The largest absolute Gasteiger partial charge is 0.486 e. The van der Waals surface area contributed by atoms with E-state index in [0.717, 1.165) is 18.6 Å². The number of carbonyl (C=O) groups is 1. The van der Waals surface area contributed by atoms with E-state index in [1.165, 1.54) is 29.3 Å². The van der Waals surface area contributed by atoms with Gasteiger partial charge in [-0.25, -0.2) is 4.68 Å². The molecule has 2 heterocycles. The fourth-order valence-corrected chi connectivity index (χ4v) is 3.38. The zero-order valence-corrected chi connectivity index (χ0v) is 12.2. The van der Waals surface area contributed by atoms with Crippen LogP contribution in [0.15, 0.2) is 23.4 Å². The summed E-state index contributed by atoms with van der Waals surface area (Å²) in [5.41, 5.74) is 5.54. The Morgan fingerprint density at radius 2 is 2.19 bits per heavy atom. The number of carbonyl (C=O) groups excluding carboxylic acids is 1. The zero-order chi connectivity index (χ0) is 14.2. The third-order valence-corrected chi connectivity index (χ3v) is 4.64. The van der Waals surface area contributed by atoms with Gasteiger partial charge in [-0.15, -0.1) is 10.2 Å². The predicted octanol–water partition coefficient (Wildman–Crippen LogP) is 1.52. The lowest BCUT2D eigenvalue weighted by molar-refractivity contribution is -0.115. The highest BCUT2D eigenvalue weighted by Gasteiger charge is 2.21. The van der Waals surface area contributed by atoms with E-state index < -0.39 is 0 Å². The fraction of sp³-hybridized carbons (Fsp3) is 0.357. The van der Waals surface area contributed by atoms with Crippen LogP contribution in [0.1, 0.15) is 23.4 Å². The zero-order valence-electron chi connectivity index (χ0n) is 11.3.